The summed E-state index contributed by atoms with van der Waals surface area (Å²) in [6.45, 7) is 19.4. The number of rotatable bonds is 38. The quantitative estimate of drug-likeness (QED) is 0.0164. The van der Waals surface area contributed by atoms with Crippen LogP contribution in [-0.2, 0) is 8.23 Å². The van der Waals surface area contributed by atoms with Crippen molar-refractivity contribution in [3.05, 3.63) is 138 Å². The summed E-state index contributed by atoms with van der Waals surface area (Å²) in [5, 5.41) is 0. The molecule has 13 heteroatoms. The van der Waals surface area contributed by atoms with Crippen LogP contribution in [0.4, 0.5) is 0 Å². The maximum Gasteiger partial charge on any atom is 0.343 e. The van der Waals surface area contributed by atoms with E-state index in [9.17, 15) is 14.4 Å². The molecule has 424 valence electrons. The van der Waals surface area contributed by atoms with Gasteiger partial charge in [-0.3, -0.25) is 0 Å². The number of hydrogen-bond donors (Lipinski definition) is 0. The minimum Gasteiger partial charge on any atom is -0.494 e. The van der Waals surface area contributed by atoms with E-state index >= 15 is 0 Å². The molecule has 0 unspecified atom stereocenters. The van der Waals surface area contributed by atoms with Gasteiger partial charge in [0.2, 0.25) is 0 Å². The molecule has 78 heavy (non-hydrogen) atoms. The Bertz CT molecular complexity index is 2510. The topological polar surface area (TPSA) is 116 Å². The fourth-order valence-electron chi connectivity index (χ4n) is 9.69. The number of hydrogen-bond acceptors (Lipinski definition) is 10. The van der Waals surface area contributed by atoms with Crippen molar-refractivity contribution >= 4 is 43.1 Å². The molecular formula is C65H92O10Si3. The summed E-state index contributed by atoms with van der Waals surface area (Å²) in [7, 11) is -5.40. The molecule has 0 N–H and O–H groups in total. The van der Waals surface area contributed by atoms with Crippen LogP contribution in [0.15, 0.2) is 121 Å². The first kappa shape index (κ1) is 63.5. The van der Waals surface area contributed by atoms with E-state index in [4.69, 9.17) is 31.9 Å². The number of ether oxygens (including phenoxy) is 5. The third kappa shape index (κ3) is 25.2. The van der Waals surface area contributed by atoms with Crippen molar-refractivity contribution in [1.82, 2.24) is 0 Å². The van der Waals surface area contributed by atoms with Crippen molar-refractivity contribution in [2.45, 2.75) is 194 Å². The van der Waals surface area contributed by atoms with Crippen LogP contribution in [0.2, 0.25) is 51.9 Å². The van der Waals surface area contributed by atoms with Gasteiger partial charge in [0, 0.05) is 0 Å². The number of benzene rings is 5. The molecule has 0 aliphatic carbocycles. The van der Waals surface area contributed by atoms with Crippen LogP contribution >= 0.6 is 0 Å². The highest BCUT2D eigenvalue weighted by molar-refractivity contribution is 6.87. The first-order valence-electron chi connectivity index (χ1n) is 29.3. The van der Waals surface area contributed by atoms with Crippen molar-refractivity contribution in [3.63, 3.8) is 0 Å². The molecule has 5 aromatic rings. The number of carbonyl (C=O) groups is 3. The second-order valence-corrected chi connectivity index (χ2v) is 35.4. The van der Waals surface area contributed by atoms with Crippen molar-refractivity contribution in [2.75, 3.05) is 13.2 Å². The van der Waals surface area contributed by atoms with Gasteiger partial charge in [-0.2, -0.15) is 0 Å². The zero-order valence-corrected chi connectivity index (χ0v) is 51.6. The molecule has 0 aliphatic heterocycles. The largest absolute Gasteiger partial charge is 0.494 e. The SMILES string of the molecule is CCCCCCCCCCCCCCOc1ccc(C(=O)Oc2ccc(C(=O)Oc3cc(-c4ccccc4)ccc3OC(=O)c3ccc(OCCCCCCCCCCC[Si](C)(C)O[Si](C)(C)O[Si](C)(C)C)cc3)cc2)cc1. The summed E-state index contributed by atoms with van der Waals surface area (Å²) in [4.78, 5) is 40.1. The van der Waals surface area contributed by atoms with Crippen LogP contribution in [0.3, 0.4) is 0 Å². The van der Waals surface area contributed by atoms with Crippen LogP contribution in [0.25, 0.3) is 11.1 Å². The Hall–Kier alpha value is -5.32. The lowest BCUT2D eigenvalue weighted by molar-refractivity contribution is 0.0682. The molecule has 0 spiro atoms. The summed E-state index contributed by atoms with van der Waals surface area (Å²) < 4.78 is 42.4. The highest BCUT2D eigenvalue weighted by Crippen LogP contribution is 2.35. The minimum atomic E-state index is -2.07. The first-order valence-corrected chi connectivity index (χ1v) is 38.7. The average molecular weight is 1120 g/mol. The van der Waals surface area contributed by atoms with Crippen LogP contribution in [0.5, 0.6) is 28.7 Å². The molecule has 0 bridgehead atoms. The van der Waals surface area contributed by atoms with Crippen LogP contribution in [0.1, 0.15) is 173 Å². The molecule has 0 atom stereocenters. The lowest BCUT2D eigenvalue weighted by Gasteiger charge is -2.37. The van der Waals surface area contributed by atoms with E-state index in [1.807, 2.05) is 36.4 Å². The minimum absolute atomic E-state index is 0.0724. The highest BCUT2D eigenvalue weighted by Gasteiger charge is 2.37. The molecule has 0 saturated carbocycles. The summed E-state index contributed by atoms with van der Waals surface area (Å²) >= 11 is 0. The predicted molar refractivity (Wildman–Crippen MR) is 325 cm³/mol. The molecule has 0 aliphatic rings. The Morgan fingerprint density at radius 1 is 0.372 bits per heavy atom. The zero-order chi connectivity index (χ0) is 56.1. The molecule has 0 saturated heterocycles. The predicted octanol–water partition coefficient (Wildman–Crippen LogP) is 18.8. The van der Waals surface area contributed by atoms with Gasteiger partial charge in [-0.1, -0.05) is 165 Å². The summed E-state index contributed by atoms with van der Waals surface area (Å²) in [6.07, 6.45) is 26.3. The fourth-order valence-corrected chi connectivity index (χ4v) is 23.0. The highest BCUT2D eigenvalue weighted by atomic mass is 28.5. The molecule has 0 radical (unpaired) electrons. The molecule has 0 fully saturated rings. The van der Waals surface area contributed by atoms with Gasteiger partial charge >= 0.3 is 26.5 Å². The maximum absolute atomic E-state index is 13.6. The molecule has 0 amide bonds. The van der Waals surface area contributed by atoms with E-state index in [2.05, 4.69) is 52.8 Å². The second kappa shape index (κ2) is 34.0. The number of unbranched alkanes of at least 4 members (excludes halogenated alkanes) is 19. The Balaban J connectivity index is 1.01. The second-order valence-electron chi connectivity index (χ2n) is 22.8. The Morgan fingerprint density at radius 2 is 0.769 bits per heavy atom. The van der Waals surface area contributed by atoms with Crippen molar-refractivity contribution in [1.29, 1.82) is 0 Å². The van der Waals surface area contributed by atoms with Gasteiger partial charge in [-0.05, 0) is 161 Å². The van der Waals surface area contributed by atoms with Gasteiger partial charge in [-0.25, -0.2) is 14.4 Å². The summed E-state index contributed by atoms with van der Waals surface area (Å²) in [5.74, 6) is -0.0107. The van der Waals surface area contributed by atoms with Gasteiger partial charge in [0.1, 0.15) is 17.2 Å². The van der Waals surface area contributed by atoms with Crippen LogP contribution < -0.4 is 23.7 Å². The molecule has 10 nitrogen and oxygen atoms in total. The Morgan fingerprint density at radius 3 is 1.22 bits per heavy atom. The van der Waals surface area contributed by atoms with E-state index in [0.29, 0.717) is 35.8 Å². The monoisotopic (exact) mass is 1120 g/mol. The molecule has 5 aromatic carbocycles. The lowest BCUT2D eigenvalue weighted by Crippen LogP contribution is -2.51. The normalized spacial score (nSPS) is 11.8. The molecule has 0 aromatic heterocycles. The van der Waals surface area contributed by atoms with Gasteiger partial charge in [0.25, 0.3) is 0 Å². The smallest absolute Gasteiger partial charge is 0.343 e. The zero-order valence-electron chi connectivity index (χ0n) is 48.6. The first-order chi connectivity index (χ1) is 37.5. The molecule has 0 heterocycles. The van der Waals surface area contributed by atoms with Crippen LogP contribution in [-0.4, -0.2) is 56.3 Å². The average Bonchev–Trinajstić information content (AvgIpc) is 3.40. The Kier molecular flexibility index (Phi) is 27.7. The van der Waals surface area contributed by atoms with E-state index in [1.165, 1.54) is 139 Å². The third-order valence-electron chi connectivity index (χ3n) is 13.5. The maximum atomic E-state index is 13.6. The summed E-state index contributed by atoms with van der Waals surface area (Å²) in [5.41, 5.74) is 2.57. The van der Waals surface area contributed by atoms with E-state index in [-0.39, 0.29) is 22.8 Å². The van der Waals surface area contributed by atoms with Gasteiger partial charge in [0.05, 0.1) is 29.9 Å². The number of esters is 3. The fraction of sp³-hybridized carbons (Fsp3) is 0.492. The van der Waals surface area contributed by atoms with E-state index in [0.717, 1.165) is 36.8 Å². The van der Waals surface area contributed by atoms with Gasteiger partial charge in [0.15, 0.2) is 28.1 Å². The number of carbonyl (C=O) groups excluding carboxylic acids is 3. The van der Waals surface area contributed by atoms with Crippen LogP contribution in [0, 0.1) is 0 Å². The van der Waals surface area contributed by atoms with Gasteiger partial charge < -0.3 is 31.9 Å². The lowest BCUT2D eigenvalue weighted by atomic mass is 10.1. The van der Waals surface area contributed by atoms with Gasteiger partial charge in [-0.15, -0.1) is 0 Å². The molecule has 5 rings (SSSR count). The van der Waals surface area contributed by atoms with Crippen molar-refractivity contribution in [3.8, 4) is 39.9 Å². The van der Waals surface area contributed by atoms with Crippen molar-refractivity contribution < 1.29 is 46.3 Å². The third-order valence-corrected chi connectivity index (χ3v) is 23.6. The Labute approximate surface area is 471 Å². The molecular weight excluding hydrogens is 1020 g/mol. The standard InChI is InChI=1S/C65H92O10Si3/c1-9-10-11-12-13-14-15-16-18-21-24-30-49-69-58-42-35-54(36-43-58)63(66)71-60-46-39-56(40-47-60)65(68)73-62-52-57(53-33-28-27-29-34-53)41-48-61(62)72-64(67)55-37-44-59(45-38-55)70-50-31-25-22-19-17-20-23-26-32-51-77(5,6)75-78(7,8)74-76(2,3)4/h27-29,33-48,52H,9-26,30-32,49-51H2,1-8H3. The van der Waals surface area contributed by atoms with E-state index in [1.54, 1.807) is 60.7 Å². The van der Waals surface area contributed by atoms with E-state index < -0.39 is 43.1 Å². The summed E-state index contributed by atoms with van der Waals surface area (Å²) in [6, 6.07) is 35.9. The van der Waals surface area contributed by atoms with Crippen molar-refractivity contribution in [2.24, 2.45) is 0 Å².